The molecule has 2 aromatic rings. The van der Waals surface area contributed by atoms with Crippen LogP contribution in [-0.2, 0) is 0 Å². The zero-order chi connectivity index (χ0) is 12.1. The van der Waals surface area contributed by atoms with E-state index in [1.807, 2.05) is 42.5 Å². The van der Waals surface area contributed by atoms with Gasteiger partial charge in [-0.15, -0.1) is 0 Å². The minimum Gasteiger partial charge on any atom is -0.496 e. The molecule has 0 bridgehead atoms. The van der Waals surface area contributed by atoms with Crippen LogP contribution in [0.4, 0.5) is 0 Å². The van der Waals surface area contributed by atoms with E-state index in [1.54, 1.807) is 18.9 Å². The van der Waals surface area contributed by atoms with E-state index in [0.717, 1.165) is 21.1 Å². The molecule has 86 valence electrons. The summed E-state index contributed by atoms with van der Waals surface area (Å²) in [7, 11) is 1.69. The molecule has 0 aliphatic carbocycles. The number of methoxy groups -OCH3 is 1. The van der Waals surface area contributed by atoms with E-state index >= 15 is 0 Å². The third kappa shape index (κ3) is 2.92. The van der Waals surface area contributed by atoms with Crippen molar-refractivity contribution in [2.45, 2.75) is 4.90 Å². The average molecular weight is 242 g/mol. The normalized spacial score (nSPS) is 9.94. The average Bonchev–Trinajstić information content (AvgIpc) is 2.40. The molecule has 0 aliphatic rings. The maximum absolute atomic E-state index is 5.32. The number of benzene rings is 2. The van der Waals surface area contributed by atoms with Crippen LogP contribution < -0.4 is 4.74 Å². The van der Waals surface area contributed by atoms with Crippen LogP contribution >= 0.6 is 11.8 Å². The fourth-order valence-electron chi connectivity index (χ4n) is 1.52. The molecular formula is C15H14OS. The third-order valence-electron chi connectivity index (χ3n) is 2.40. The fourth-order valence-corrected chi connectivity index (χ4v) is 2.44. The van der Waals surface area contributed by atoms with Crippen molar-refractivity contribution in [3.63, 3.8) is 0 Å². The molecule has 2 aromatic carbocycles. The zero-order valence-electron chi connectivity index (χ0n) is 9.72. The first kappa shape index (κ1) is 11.8. The Kier molecular flexibility index (Phi) is 3.89. The van der Waals surface area contributed by atoms with E-state index in [9.17, 15) is 0 Å². The highest BCUT2D eigenvalue weighted by molar-refractivity contribution is 8.08. The van der Waals surface area contributed by atoms with Crippen LogP contribution in [0.2, 0.25) is 0 Å². The van der Waals surface area contributed by atoms with Gasteiger partial charge in [0.05, 0.1) is 12.0 Å². The van der Waals surface area contributed by atoms with Crippen molar-refractivity contribution in [1.82, 2.24) is 0 Å². The molecule has 17 heavy (non-hydrogen) atoms. The molecule has 0 saturated carbocycles. The van der Waals surface area contributed by atoms with Gasteiger partial charge in [0.25, 0.3) is 0 Å². The molecule has 2 rings (SSSR count). The molecule has 0 unspecified atom stereocenters. The maximum Gasteiger partial charge on any atom is 0.132 e. The SMILES string of the molecule is C=C(Sc1ccccc1OC)c1ccccc1. The van der Waals surface area contributed by atoms with Crippen LogP contribution in [-0.4, -0.2) is 7.11 Å². The molecule has 2 heteroatoms. The van der Waals surface area contributed by atoms with Crippen molar-refractivity contribution < 1.29 is 4.74 Å². The van der Waals surface area contributed by atoms with Crippen molar-refractivity contribution in [3.8, 4) is 5.75 Å². The number of rotatable bonds is 4. The van der Waals surface area contributed by atoms with Gasteiger partial charge in [0, 0.05) is 4.91 Å². The van der Waals surface area contributed by atoms with E-state index in [4.69, 9.17) is 4.74 Å². The summed E-state index contributed by atoms with van der Waals surface area (Å²) in [4.78, 5) is 2.11. The van der Waals surface area contributed by atoms with Crippen molar-refractivity contribution in [3.05, 3.63) is 66.7 Å². The van der Waals surface area contributed by atoms with E-state index in [2.05, 4.69) is 18.7 Å². The zero-order valence-corrected chi connectivity index (χ0v) is 10.5. The fraction of sp³-hybridized carbons (Fsp3) is 0.0667. The van der Waals surface area contributed by atoms with Gasteiger partial charge in [0.2, 0.25) is 0 Å². The molecule has 1 nitrogen and oxygen atoms in total. The first-order valence-electron chi connectivity index (χ1n) is 5.36. The van der Waals surface area contributed by atoms with Gasteiger partial charge in [0.15, 0.2) is 0 Å². The summed E-state index contributed by atoms with van der Waals surface area (Å²) < 4.78 is 5.32. The van der Waals surface area contributed by atoms with Gasteiger partial charge >= 0.3 is 0 Å². The molecule has 0 atom stereocenters. The quantitative estimate of drug-likeness (QED) is 0.732. The summed E-state index contributed by atoms with van der Waals surface area (Å²) in [6.07, 6.45) is 0. The molecule has 0 radical (unpaired) electrons. The molecule has 0 fully saturated rings. The minimum absolute atomic E-state index is 0.884. The van der Waals surface area contributed by atoms with Crippen LogP contribution in [0.1, 0.15) is 5.56 Å². The van der Waals surface area contributed by atoms with Gasteiger partial charge in [-0.1, -0.05) is 60.8 Å². The number of hydrogen-bond acceptors (Lipinski definition) is 2. The summed E-state index contributed by atoms with van der Waals surface area (Å²) >= 11 is 1.63. The summed E-state index contributed by atoms with van der Waals surface area (Å²) in [5.74, 6) is 0.884. The van der Waals surface area contributed by atoms with Crippen LogP contribution in [0.5, 0.6) is 5.75 Å². The molecule has 0 amide bonds. The molecule has 0 aromatic heterocycles. The van der Waals surface area contributed by atoms with E-state index in [1.165, 1.54) is 0 Å². The summed E-state index contributed by atoms with van der Waals surface area (Å²) in [6, 6.07) is 18.1. The lowest BCUT2D eigenvalue weighted by Crippen LogP contribution is -1.85. The van der Waals surface area contributed by atoms with Crippen molar-refractivity contribution >= 4 is 16.7 Å². The molecule has 0 saturated heterocycles. The molecule has 0 N–H and O–H groups in total. The number of hydrogen-bond donors (Lipinski definition) is 0. The Morgan fingerprint density at radius 2 is 1.65 bits per heavy atom. The Hall–Kier alpha value is -1.67. The Balaban J connectivity index is 2.19. The lowest BCUT2D eigenvalue weighted by atomic mass is 10.2. The van der Waals surface area contributed by atoms with Gasteiger partial charge in [-0.2, -0.15) is 0 Å². The van der Waals surface area contributed by atoms with Gasteiger partial charge in [-0.3, -0.25) is 0 Å². The third-order valence-corrected chi connectivity index (χ3v) is 3.44. The second-order valence-electron chi connectivity index (χ2n) is 3.54. The molecule has 0 heterocycles. The van der Waals surface area contributed by atoms with Crippen LogP contribution in [0, 0.1) is 0 Å². The lowest BCUT2D eigenvalue weighted by Gasteiger charge is -2.09. The Morgan fingerprint density at radius 3 is 2.35 bits per heavy atom. The largest absolute Gasteiger partial charge is 0.496 e. The predicted octanol–water partition coefficient (Wildman–Crippen LogP) is 4.46. The van der Waals surface area contributed by atoms with Crippen molar-refractivity contribution in [2.24, 2.45) is 0 Å². The summed E-state index contributed by atoms with van der Waals surface area (Å²) in [5, 5.41) is 0. The van der Waals surface area contributed by atoms with Gasteiger partial charge in [-0.05, 0) is 17.7 Å². The Morgan fingerprint density at radius 1 is 1.00 bits per heavy atom. The second kappa shape index (κ2) is 5.60. The Labute approximate surface area is 106 Å². The molecule has 0 spiro atoms. The first-order valence-corrected chi connectivity index (χ1v) is 6.18. The van der Waals surface area contributed by atoms with Crippen molar-refractivity contribution in [2.75, 3.05) is 7.11 Å². The predicted molar refractivity (Wildman–Crippen MR) is 74.3 cm³/mol. The summed E-state index contributed by atoms with van der Waals surface area (Å²) in [5.41, 5.74) is 1.14. The minimum atomic E-state index is 0.884. The van der Waals surface area contributed by atoms with Crippen LogP contribution in [0.3, 0.4) is 0 Å². The van der Waals surface area contributed by atoms with Crippen LogP contribution in [0.15, 0.2) is 66.1 Å². The highest BCUT2D eigenvalue weighted by Crippen LogP contribution is 2.37. The molecular weight excluding hydrogens is 228 g/mol. The van der Waals surface area contributed by atoms with Gasteiger partial charge < -0.3 is 4.74 Å². The standard InChI is InChI=1S/C15H14OS/c1-12(13-8-4-3-5-9-13)17-15-11-7-6-10-14(15)16-2/h3-11H,1H2,2H3. The van der Waals surface area contributed by atoms with E-state index < -0.39 is 0 Å². The number of ether oxygens (including phenoxy) is 1. The number of thioether (sulfide) groups is 1. The smallest absolute Gasteiger partial charge is 0.132 e. The van der Waals surface area contributed by atoms with Crippen LogP contribution in [0.25, 0.3) is 4.91 Å². The highest BCUT2D eigenvalue weighted by Gasteiger charge is 2.05. The second-order valence-corrected chi connectivity index (χ2v) is 4.68. The van der Waals surface area contributed by atoms with E-state index in [-0.39, 0.29) is 0 Å². The van der Waals surface area contributed by atoms with Gasteiger partial charge in [0.1, 0.15) is 5.75 Å². The topological polar surface area (TPSA) is 9.23 Å². The Bertz CT molecular complexity index is 505. The molecule has 0 aliphatic heterocycles. The lowest BCUT2D eigenvalue weighted by molar-refractivity contribution is 0.405. The van der Waals surface area contributed by atoms with Crippen molar-refractivity contribution in [1.29, 1.82) is 0 Å². The maximum atomic E-state index is 5.32. The number of para-hydroxylation sites is 1. The highest BCUT2D eigenvalue weighted by atomic mass is 32.2. The monoisotopic (exact) mass is 242 g/mol. The first-order chi connectivity index (χ1) is 8.31. The van der Waals surface area contributed by atoms with Gasteiger partial charge in [-0.25, -0.2) is 0 Å². The summed E-state index contributed by atoms with van der Waals surface area (Å²) in [6.45, 7) is 4.10. The van der Waals surface area contributed by atoms with E-state index in [0.29, 0.717) is 0 Å².